The number of amides is 2. The standard InChI is InChI=1S/C13H18N4O3/c1-9-4-15-11(5-14-9)6-16-13(20)17(8-12(18)19)7-10-2-3-10/h4-5,10H,2-3,6-8H2,1H3,(H,16,20)(H,18,19). The fraction of sp³-hybridized carbons (Fsp3) is 0.538. The molecule has 2 amide bonds. The summed E-state index contributed by atoms with van der Waals surface area (Å²) in [5.41, 5.74) is 1.45. The number of rotatable bonds is 6. The van der Waals surface area contributed by atoms with Crippen molar-refractivity contribution in [3.63, 3.8) is 0 Å². The number of aromatic nitrogens is 2. The maximum atomic E-state index is 12.0. The van der Waals surface area contributed by atoms with E-state index in [-0.39, 0.29) is 19.1 Å². The predicted octanol–water partition coefficient (Wildman–Crippen LogP) is 0.791. The van der Waals surface area contributed by atoms with Crippen molar-refractivity contribution in [1.29, 1.82) is 0 Å². The summed E-state index contributed by atoms with van der Waals surface area (Å²) in [6, 6.07) is -0.373. The highest BCUT2D eigenvalue weighted by molar-refractivity contribution is 5.80. The number of carboxylic acid groups (broad SMARTS) is 1. The topological polar surface area (TPSA) is 95.4 Å². The van der Waals surface area contributed by atoms with Gasteiger partial charge in [-0.2, -0.15) is 0 Å². The molecule has 1 aliphatic rings. The molecule has 1 aromatic heterocycles. The summed E-state index contributed by atoms with van der Waals surface area (Å²) in [4.78, 5) is 32.3. The molecule has 1 fully saturated rings. The van der Waals surface area contributed by atoms with E-state index in [4.69, 9.17) is 5.11 Å². The van der Waals surface area contributed by atoms with Gasteiger partial charge in [-0.05, 0) is 25.7 Å². The average molecular weight is 278 g/mol. The van der Waals surface area contributed by atoms with E-state index in [1.807, 2.05) is 6.92 Å². The van der Waals surface area contributed by atoms with Gasteiger partial charge in [-0.3, -0.25) is 14.8 Å². The zero-order valence-corrected chi connectivity index (χ0v) is 11.4. The Morgan fingerprint density at radius 1 is 1.40 bits per heavy atom. The van der Waals surface area contributed by atoms with E-state index in [1.165, 1.54) is 4.90 Å². The fourth-order valence-corrected chi connectivity index (χ4v) is 1.78. The molecule has 0 unspecified atom stereocenters. The molecule has 1 aliphatic carbocycles. The number of carbonyl (C=O) groups excluding carboxylic acids is 1. The molecule has 0 atom stereocenters. The highest BCUT2D eigenvalue weighted by Crippen LogP contribution is 2.29. The normalized spacial score (nSPS) is 13.8. The van der Waals surface area contributed by atoms with Gasteiger partial charge in [0.15, 0.2) is 0 Å². The van der Waals surface area contributed by atoms with Crippen LogP contribution in [0.15, 0.2) is 12.4 Å². The van der Waals surface area contributed by atoms with Crippen molar-refractivity contribution < 1.29 is 14.7 Å². The van der Waals surface area contributed by atoms with Gasteiger partial charge >= 0.3 is 12.0 Å². The molecule has 1 aromatic rings. The third-order valence-electron chi connectivity index (χ3n) is 3.04. The molecule has 0 bridgehead atoms. The molecule has 7 heteroatoms. The van der Waals surface area contributed by atoms with Gasteiger partial charge in [0, 0.05) is 12.7 Å². The number of aliphatic carboxylic acids is 1. The van der Waals surface area contributed by atoms with Crippen LogP contribution in [-0.2, 0) is 11.3 Å². The van der Waals surface area contributed by atoms with Crippen LogP contribution in [0.4, 0.5) is 4.79 Å². The van der Waals surface area contributed by atoms with Gasteiger partial charge in [0.05, 0.1) is 24.1 Å². The molecule has 0 radical (unpaired) electrons. The first-order chi connectivity index (χ1) is 9.54. The first-order valence-corrected chi connectivity index (χ1v) is 6.56. The van der Waals surface area contributed by atoms with Crippen LogP contribution in [0.3, 0.4) is 0 Å². The third-order valence-corrected chi connectivity index (χ3v) is 3.04. The molecule has 2 rings (SSSR count). The summed E-state index contributed by atoms with van der Waals surface area (Å²) in [7, 11) is 0. The minimum absolute atomic E-state index is 0.243. The molecule has 1 heterocycles. The number of urea groups is 1. The average Bonchev–Trinajstić information content (AvgIpc) is 3.20. The van der Waals surface area contributed by atoms with Crippen LogP contribution < -0.4 is 5.32 Å². The highest BCUT2D eigenvalue weighted by Gasteiger charge is 2.27. The van der Waals surface area contributed by atoms with Crippen LogP contribution in [0.25, 0.3) is 0 Å². The lowest BCUT2D eigenvalue weighted by molar-refractivity contribution is -0.137. The number of hydrogen-bond donors (Lipinski definition) is 2. The lowest BCUT2D eigenvalue weighted by atomic mass is 10.3. The molecule has 0 aliphatic heterocycles. The van der Waals surface area contributed by atoms with E-state index >= 15 is 0 Å². The Balaban J connectivity index is 1.86. The maximum absolute atomic E-state index is 12.0. The Labute approximate surface area is 117 Å². The van der Waals surface area contributed by atoms with Gasteiger partial charge in [-0.1, -0.05) is 0 Å². The van der Waals surface area contributed by atoms with Gasteiger partial charge in [0.2, 0.25) is 0 Å². The van der Waals surface area contributed by atoms with Crippen LogP contribution in [-0.4, -0.2) is 45.1 Å². The lowest BCUT2D eigenvalue weighted by Crippen LogP contribution is -2.43. The number of carbonyl (C=O) groups is 2. The Bertz CT molecular complexity index is 485. The molecule has 108 valence electrons. The summed E-state index contributed by atoms with van der Waals surface area (Å²) < 4.78 is 0. The molecule has 2 N–H and O–H groups in total. The number of nitrogens with one attached hydrogen (secondary N) is 1. The minimum atomic E-state index is -1.00. The van der Waals surface area contributed by atoms with E-state index in [0.717, 1.165) is 18.5 Å². The van der Waals surface area contributed by atoms with E-state index in [0.29, 0.717) is 18.2 Å². The van der Waals surface area contributed by atoms with E-state index < -0.39 is 5.97 Å². The maximum Gasteiger partial charge on any atom is 0.323 e. The Kier molecular flexibility index (Phi) is 4.49. The number of hydrogen-bond acceptors (Lipinski definition) is 4. The van der Waals surface area contributed by atoms with E-state index in [1.54, 1.807) is 12.4 Å². The van der Waals surface area contributed by atoms with Crippen LogP contribution in [0.2, 0.25) is 0 Å². The molecule has 1 saturated carbocycles. The van der Waals surface area contributed by atoms with Gasteiger partial charge in [0.25, 0.3) is 0 Å². The van der Waals surface area contributed by atoms with Crippen molar-refractivity contribution in [2.45, 2.75) is 26.3 Å². The summed E-state index contributed by atoms with van der Waals surface area (Å²) >= 11 is 0. The summed E-state index contributed by atoms with van der Waals surface area (Å²) in [5, 5.41) is 11.5. The van der Waals surface area contributed by atoms with Gasteiger partial charge in [-0.15, -0.1) is 0 Å². The monoisotopic (exact) mass is 278 g/mol. The van der Waals surface area contributed by atoms with Crippen molar-refractivity contribution in [2.75, 3.05) is 13.1 Å². The number of nitrogens with zero attached hydrogens (tertiary/aromatic N) is 3. The van der Waals surface area contributed by atoms with Crippen molar-refractivity contribution in [3.05, 3.63) is 23.8 Å². The van der Waals surface area contributed by atoms with Crippen molar-refractivity contribution in [3.8, 4) is 0 Å². The molecular formula is C13H18N4O3. The molecular weight excluding hydrogens is 260 g/mol. The zero-order valence-electron chi connectivity index (χ0n) is 11.4. The van der Waals surface area contributed by atoms with Crippen molar-refractivity contribution in [2.24, 2.45) is 5.92 Å². The summed E-state index contributed by atoms with van der Waals surface area (Å²) in [6.45, 7) is 2.30. The molecule has 7 nitrogen and oxygen atoms in total. The van der Waals surface area contributed by atoms with Crippen LogP contribution in [0, 0.1) is 12.8 Å². The first-order valence-electron chi connectivity index (χ1n) is 6.56. The SMILES string of the molecule is Cc1cnc(CNC(=O)N(CC(=O)O)CC2CC2)cn1. The summed E-state index contributed by atoms with van der Waals surface area (Å²) in [5.74, 6) is -0.560. The Morgan fingerprint density at radius 3 is 2.70 bits per heavy atom. The Morgan fingerprint density at radius 2 is 2.15 bits per heavy atom. The van der Waals surface area contributed by atoms with Gasteiger partial charge in [-0.25, -0.2) is 4.79 Å². The Hall–Kier alpha value is -2.18. The minimum Gasteiger partial charge on any atom is -0.480 e. The smallest absolute Gasteiger partial charge is 0.323 e. The van der Waals surface area contributed by atoms with Crippen LogP contribution in [0.1, 0.15) is 24.2 Å². The van der Waals surface area contributed by atoms with Crippen LogP contribution in [0.5, 0.6) is 0 Å². The fourth-order valence-electron chi connectivity index (χ4n) is 1.78. The largest absolute Gasteiger partial charge is 0.480 e. The number of aryl methyl sites for hydroxylation is 1. The van der Waals surface area contributed by atoms with Crippen LogP contribution >= 0.6 is 0 Å². The second kappa shape index (κ2) is 6.31. The lowest BCUT2D eigenvalue weighted by Gasteiger charge is -2.20. The zero-order chi connectivity index (χ0) is 14.5. The van der Waals surface area contributed by atoms with E-state index in [2.05, 4.69) is 15.3 Å². The van der Waals surface area contributed by atoms with Crippen molar-refractivity contribution >= 4 is 12.0 Å². The van der Waals surface area contributed by atoms with Crippen molar-refractivity contribution in [1.82, 2.24) is 20.2 Å². The molecule has 0 aromatic carbocycles. The van der Waals surface area contributed by atoms with Gasteiger partial charge < -0.3 is 15.3 Å². The highest BCUT2D eigenvalue weighted by atomic mass is 16.4. The molecule has 0 spiro atoms. The first kappa shape index (κ1) is 14.2. The predicted molar refractivity (Wildman–Crippen MR) is 70.9 cm³/mol. The number of carboxylic acids is 1. The molecule has 0 saturated heterocycles. The quantitative estimate of drug-likeness (QED) is 0.802. The molecule has 20 heavy (non-hydrogen) atoms. The second-order valence-electron chi connectivity index (χ2n) is 5.03. The summed E-state index contributed by atoms with van der Waals surface area (Å²) in [6.07, 6.45) is 5.35. The second-order valence-corrected chi connectivity index (χ2v) is 5.03. The third kappa shape index (κ3) is 4.49. The van der Waals surface area contributed by atoms with E-state index in [9.17, 15) is 9.59 Å². The van der Waals surface area contributed by atoms with Gasteiger partial charge in [0.1, 0.15) is 6.54 Å².